The van der Waals surface area contributed by atoms with Crippen molar-refractivity contribution in [2.45, 2.75) is 32.3 Å². The van der Waals surface area contributed by atoms with E-state index in [0.717, 1.165) is 24.1 Å². The van der Waals surface area contributed by atoms with Gasteiger partial charge in [-0.25, -0.2) is 13.6 Å². The third kappa shape index (κ3) is 5.12. The van der Waals surface area contributed by atoms with Gasteiger partial charge in [-0.05, 0) is 31.0 Å². The normalized spacial score (nSPS) is 12.9. The van der Waals surface area contributed by atoms with Crippen molar-refractivity contribution in [2.24, 2.45) is 0 Å². The van der Waals surface area contributed by atoms with E-state index >= 15 is 0 Å². The van der Waals surface area contributed by atoms with Crippen molar-refractivity contribution in [3.8, 4) is 0 Å². The Bertz CT molecular complexity index is 765. The van der Waals surface area contributed by atoms with Crippen LogP contribution >= 0.6 is 0 Å². The molecule has 0 aromatic heterocycles. The number of carbonyl (C=O) groups excluding carboxylic acids is 2. The summed E-state index contributed by atoms with van der Waals surface area (Å²) in [5, 5.41) is 2.74. The molecule has 0 heterocycles. The van der Waals surface area contributed by atoms with Gasteiger partial charge in [-0.1, -0.05) is 37.3 Å². The van der Waals surface area contributed by atoms with Crippen molar-refractivity contribution in [1.82, 2.24) is 5.32 Å². The van der Waals surface area contributed by atoms with Crippen molar-refractivity contribution in [3.05, 3.63) is 71.3 Å². The van der Waals surface area contributed by atoms with Gasteiger partial charge in [0, 0.05) is 18.5 Å². The maximum Gasteiger partial charge on any atom is 0.341 e. The van der Waals surface area contributed by atoms with Gasteiger partial charge in [-0.3, -0.25) is 4.79 Å². The number of benzene rings is 2. The molecule has 0 aliphatic carbocycles. The summed E-state index contributed by atoms with van der Waals surface area (Å²) in [6.07, 6.45) is -0.264. The highest BCUT2D eigenvalue weighted by molar-refractivity contribution is 5.92. The highest BCUT2D eigenvalue weighted by Crippen LogP contribution is 2.18. The highest BCUT2D eigenvalue weighted by atomic mass is 19.1. The lowest BCUT2D eigenvalue weighted by Crippen LogP contribution is -2.38. The van der Waals surface area contributed by atoms with Gasteiger partial charge in [0.15, 0.2) is 6.10 Å². The molecule has 0 fully saturated rings. The number of hydrogen-bond acceptors (Lipinski definition) is 3. The van der Waals surface area contributed by atoms with Crippen LogP contribution in [0.1, 0.15) is 42.1 Å². The van der Waals surface area contributed by atoms with Crippen molar-refractivity contribution in [1.29, 1.82) is 0 Å². The number of ether oxygens (including phenoxy) is 1. The van der Waals surface area contributed by atoms with Crippen LogP contribution < -0.4 is 5.32 Å². The molecule has 1 amide bonds. The molecule has 2 aromatic carbocycles. The van der Waals surface area contributed by atoms with E-state index in [0.29, 0.717) is 12.6 Å². The summed E-state index contributed by atoms with van der Waals surface area (Å²) in [7, 11) is 0. The topological polar surface area (TPSA) is 55.4 Å². The van der Waals surface area contributed by atoms with Crippen molar-refractivity contribution >= 4 is 11.9 Å². The number of rotatable bonds is 7. The molecule has 0 unspecified atom stereocenters. The molecular weight excluding hydrogens is 340 g/mol. The Morgan fingerprint density at radius 1 is 1.12 bits per heavy atom. The van der Waals surface area contributed by atoms with Gasteiger partial charge in [0.05, 0.1) is 5.56 Å². The summed E-state index contributed by atoms with van der Waals surface area (Å²) >= 11 is 0. The fourth-order valence-electron chi connectivity index (χ4n) is 2.52. The Labute approximate surface area is 151 Å². The molecule has 0 saturated heterocycles. The first-order valence-electron chi connectivity index (χ1n) is 8.41. The molecule has 4 nitrogen and oxygen atoms in total. The standard InChI is InChI=1S/C20H21F2NO3/c1-3-14(15-7-5-4-6-8-15)12-23-19(24)13(2)26-20(25)17-10-9-16(21)11-18(17)22/h4-11,13-14H,3,12H2,1-2H3,(H,23,24)/t13-,14-/m0/s1. The van der Waals surface area contributed by atoms with Crippen LogP contribution in [0.15, 0.2) is 48.5 Å². The summed E-state index contributed by atoms with van der Waals surface area (Å²) in [5.74, 6) is -3.18. The predicted octanol–water partition coefficient (Wildman–Crippen LogP) is 3.82. The van der Waals surface area contributed by atoms with Crippen LogP contribution in [-0.2, 0) is 9.53 Å². The van der Waals surface area contributed by atoms with E-state index in [1.54, 1.807) is 0 Å². The van der Waals surface area contributed by atoms with Crippen LogP contribution in [0.4, 0.5) is 8.78 Å². The summed E-state index contributed by atoms with van der Waals surface area (Å²) < 4.78 is 31.5. The van der Waals surface area contributed by atoms with Gasteiger partial charge in [-0.15, -0.1) is 0 Å². The largest absolute Gasteiger partial charge is 0.449 e. The van der Waals surface area contributed by atoms with E-state index in [4.69, 9.17) is 4.74 Å². The molecule has 138 valence electrons. The lowest BCUT2D eigenvalue weighted by Gasteiger charge is -2.18. The Morgan fingerprint density at radius 3 is 2.42 bits per heavy atom. The van der Waals surface area contributed by atoms with Crippen LogP contribution in [0.2, 0.25) is 0 Å². The Balaban J connectivity index is 1.91. The summed E-state index contributed by atoms with van der Waals surface area (Å²) in [5.41, 5.74) is 0.690. The molecule has 0 aliphatic heterocycles. The van der Waals surface area contributed by atoms with Crippen LogP contribution in [0.5, 0.6) is 0 Å². The van der Waals surface area contributed by atoms with Gasteiger partial charge in [0.25, 0.3) is 5.91 Å². The number of esters is 1. The van der Waals surface area contributed by atoms with Gasteiger partial charge < -0.3 is 10.1 Å². The summed E-state index contributed by atoms with van der Waals surface area (Å²) in [6, 6.07) is 12.3. The molecule has 0 bridgehead atoms. The monoisotopic (exact) mass is 361 g/mol. The molecule has 0 saturated carbocycles. The first kappa shape index (κ1) is 19.6. The molecule has 26 heavy (non-hydrogen) atoms. The maximum atomic E-state index is 13.6. The number of hydrogen-bond donors (Lipinski definition) is 1. The average Bonchev–Trinajstić information content (AvgIpc) is 2.62. The van der Waals surface area contributed by atoms with Gasteiger partial charge >= 0.3 is 5.97 Å². The predicted molar refractivity (Wildman–Crippen MR) is 93.7 cm³/mol. The molecule has 2 aromatic rings. The Morgan fingerprint density at radius 2 is 1.81 bits per heavy atom. The second-order valence-corrected chi connectivity index (χ2v) is 5.93. The zero-order valence-electron chi connectivity index (χ0n) is 14.7. The number of nitrogens with one attached hydrogen (secondary N) is 1. The fraction of sp³-hybridized carbons (Fsp3) is 0.300. The zero-order chi connectivity index (χ0) is 19.1. The van der Waals surface area contributed by atoms with E-state index in [-0.39, 0.29) is 5.92 Å². The van der Waals surface area contributed by atoms with Crippen LogP contribution in [0.25, 0.3) is 0 Å². The maximum absolute atomic E-state index is 13.6. The van der Waals surface area contributed by atoms with Crippen molar-refractivity contribution in [2.75, 3.05) is 6.54 Å². The van der Waals surface area contributed by atoms with Crippen molar-refractivity contribution < 1.29 is 23.1 Å². The van der Waals surface area contributed by atoms with E-state index < -0.39 is 35.2 Å². The highest BCUT2D eigenvalue weighted by Gasteiger charge is 2.22. The Hall–Kier alpha value is -2.76. The van der Waals surface area contributed by atoms with E-state index in [1.807, 2.05) is 37.3 Å². The van der Waals surface area contributed by atoms with Crippen LogP contribution in [0, 0.1) is 11.6 Å². The average molecular weight is 361 g/mol. The number of amides is 1. The molecular formula is C20H21F2NO3. The molecule has 0 aliphatic rings. The number of carbonyl (C=O) groups is 2. The molecule has 2 rings (SSSR count). The third-order valence-corrected chi connectivity index (χ3v) is 4.09. The molecule has 2 atom stereocenters. The molecule has 6 heteroatoms. The smallest absolute Gasteiger partial charge is 0.341 e. The van der Waals surface area contributed by atoms with Gasteiger partial charge in [0.1, 0.15) is 11.6 Å². The minimum atomic E-state index is -1.10. The molecule has 1 N–H and O–H groups in total. The second-order valence-electron chi connectivity index (χ2n) is 5.93. The summed E-state index contributed by atoms with van der Waals surface area (Å²) in [4.78, 5) is 24.1. The zero-order valence-corrected chi connectivity index (χ0v) is 14.7. The minimum Gasteiger partial charge on any atom is -0.449 e. The third-order valence-electron chi connectivity index (χ3n) is 4.09. The van der Waals surface area contributed by atoms with E-state index in [2.05, 4.69) is 5.32 Å². The fourth-order valence-corrected chi connectivity index (χ4v) is 2.52. The first-order chi connectivity index (χ1) is 12.4. The number of halogens is 2. The van der Waals surface area contributed by atoms with E-state index in [1.165, 1.54) is 6.92 Å². The van der Waals surface area contributed by atoms with Gasteiger partial charge in [-0.2, -0.15) is 0 Å². The quantitative estimate of drug-likeness (QED) is 0.763. The van der Waals surface area contributed by atoms with Crippen LogP contribution in [-0.4, -0.2) is 24.5 Å². The molecule has 0 spiro atoms. The summed E-state index contributed by atoms with van der Waals surface area (Å²) in [6.45, 7) is 3.81. The minimum absolute atomic E-state index is 0.137. The Kier molecular flexibility index (Phi) is 6.83. The first-order valence-corrected chi connectivity index (χ1v) is 8.41. The SMILES string of the molecule is CC[C@@H](CNC(=O)[C@H](C)OC(=O)c1ccc(F)cc1F)c1ccccc1. The lowest BCUT2D eigenvalue weighted by atomic mass is 9.96. The van der Waals surface area contributed by atoms with Crippen molar-refractivity contribution in [3.63, 3.8) is 0 Å². The van der Waals surface area contributed by atoms with Gasteiger partial charge in [0.2, 0.25) is 0 Å². The molecule has 0 radical (unpaired) electrons. The lowest BCUT2D eigenvalue weighted by molar-refractivity contribution is -0.129. The van der Waals surface area contributed by atoms with Crippen LogP contribution in [0.3, 0.4) is 0 Å². The second kappa shape index (κ2) is 9.08. The van der Waals surface area contributed by atoms with E-state index in [9.17, 15) is 18.4 Å².